The number of carbonyl (C=O) groups excluding carboxylic acids is 2. The molecule has 0 radical (unpaired) electrons. The normalized spacial score (nSPS) is 20.1. The van der Waals surface area contributed by atoms with Crippen molar-refractivity contribution in [3.8, 4) is 23.0 Å². The van der Waals surface area contributed by atoms with E-state index in [9.17, 15) is 9.59 Å². The number of hydrogen-bond acceptors (Lipinski definition) is 7. The molecule has 1 atom stereocenters. The van der Waals surface area contributed by atoms with Crippen LogP contribution in [-0.2, 0) is 15.1 Å². The number of carbonyl (C=O) groups is 2. The zero-order valence-corrected chi connectivity index (χ0v) is 16.7. The summed E-state index contributed by atoms with van der Waals surface area (Å²) in [7, 11) is 0. The van der Waals surface area contributed by atoms with Gasteiger partial charge in [0.1, 0.15) is 0 Å². The summed E-state index contributed by atoms with van der Waals surface area (Å²) in [4.78, 5) is 32.4. The number of benzene rings is 2. The van der Waals surface area contributed by atoms with E-state index in [1.165, 1.54) is 4.90 Å². The van der Waals surface area contributed by atoms with Crippen LogP contribution in [0.15, 0.2) is 60.8 Å². The van der Waals surface area contributed by atoms with Gasteiger partial charge in [-0.2, -0.15) is 0 Å². The van der Waals surface area contributed by atoms with Crippen molar-refractivity contribution in [3.63, 3.8) is 0 Å². The van der Waals surface area contributed by atoms with E-state index in [1.54, 1.807) is 60.8 Å². The number of β-lactam (4-membered cyclic amide) rings is 1. The quantitative estimate of drug-likeness (QED) is 0.634. The van der Waals surface area contributed by atoms with Crippen molar-refractivity contribution in [1.82, 2.24) is 4.98 Å². The summed E-state index contributed by atoms with van der Waals surface area (Å²) >= 11 is 0. The molecule has 1 N–H and O–H groups in total. The van der Waals surface area contributed by atoms with Gasteiger partial charge in [-0.1, -0.05) is 6.07 Å². The first-order valence-corrected chi connectivity index (χ1v) is 10.0. The second-order valence-electron chi connectivity index (χ2n) is 7.54. The molecule has 3 aromatic rings. The van der Waals surface area contributed by atoms with Gasteiger partial charge in [-0.15, -0.1) is 0 Å². The Morgan fingerprint density at radius 3 is 2.34 bits per heavy atom. The predicted octanol–water partition coefficient (Wildman–Crippen LogP) is 2.81. The van der Waals surface area contributed by atoms with Crippen LogP contribution >= 0.6 is 0 Å². The van der Waals surface area contributed by atoms with Gasteiger partial charge in [0.05, 0.1) is 12.1 Å². The fourth-order valence-corrected chi connectivity index (χ4v) is 4.21. The highest BCUT2D eigenvalue weighted by atomic mass is 16.7. The number of amides is 2. The molecule has 2 amide bonds. The average Bonchev–Trinajstić information content (AvgIpc) is 3.46. The summed E-state index contributed by atoms with van der Waals surface area (Å²) in [6, 6.07) is 15.6. The summed E-state index contributed by atoms with van der Waals surface area (Å²) in [6.45, 7) is 0.250. The molecule has 0 bridgehead atoms. The van der Waals surface area contributed by atoms with Gasteiger partial charge >= 0.3 is 0 Å². The lowest BCUT2D eigenvalue weighted by molar-refractivity contribution is -0.137. The maximum atomic E-state index is 13.7. The van der Waals surface area contributed by atoms with Crippen LogP contribution in [0.2, 0.25) is 0 Å². The van der Waals surface area contributed by atoms with E-state index in [4.69, 9.17) is 18.9 Å². The Morgan fingerprint density at radius 1 is 0.906 bits per heavy atom. The van der Waals surface area contributed by atoms with Crippen LogP contribution < -0.4 is 29.2 Å². The van der Waals surface area contributed by atoms with E-state index in [-0.39, 0.29) is 31.8 Å². The van der Waals surface area contributed by atoms with Crippen LogP contribution in [0.4, 0.5) is 11.4 Å². The van der Waals surface area contributed by atoms with E-state index in [0.29, 0.717) is 40.1 Å². The summed E-state index contributed by atoms with van der Waals surface area (Å²) < 4.78 is 21.6. The van der Waals surface area contributed by atoms with Crippen LogP contribution in [-0.4, -0.2) is 30.4 Å². The zero-order valence-electron chi connectivity index (χ0n) is 16.7. The zero-order chi connectivity index (χ0) is 21.7. The van der Waals surface area contributed by atoms with Gasteiger partial charge in [-0.25, -0.2) is 0 Å². The number of rotatable bonds is 4. The lowest BCUT2D eigenvalue weighted by Crippen LogP contribution is -2.67. The van der Waals surface area contributed by atoms with Gasteiger partial charge < -0.3 is 24.3 Å². The van der Waals surface area contributed by atoms with Crippen LogP contribution in [0, 0.1) is 0 Å². The Morgan fingerprint density at radius 2 is 1.62 bits per heavy atom. The minimum atomic E-state index is -1.32. The second kappa shape index (κ2) is 6.88. The lowest BCUT2D eigenvalue weighted by Gasteiger charge is -2.49. The Balaban J connectivity index is 1.40. The highest BCUT2D eigenvalue weighted by Gasteiger charge is 2.59. The van der Waals surface area contributed by atoms with Crippen molar-refractivity contribution in [3.05, 3.63) is 66.5 Å². The number of aromatic nitrogens is 1. The molecule has 1 fully saturated rings. The van der Waals surface area contributed by atoms with E-state index in [1.807, 2.05) is 0 Å². The van der Waals surface area contributed by atoms with Gasteiger partial charge in [0.15, 0.2) is 28.5 Å². The van der Waals surface area contributed by atoms with E-state index < -0.39 is 5.54 Å². The summed E-state index contributed by atoms with van der Waals surface area (Å²) in [6.07, 6.45) is 1.58. The molecule has 3 aliphatic rings. The predicted molar refractivity (Wildman–Crippen MR) is 112 cm³/mol. The monoisotopic (exact) mass is 431 g/mol. The number of anilines is 2. The van der Waals surface area contributed by atoms with Crippen molar-refractivity contribution < 1.29 is 28.5 Å². The molecule has 0 aliphatic carbocycles. The Bertz CT molecular complexity index is 1250. The van der Waals surface area contributed by atoms with E-state index >= 15 is 0 Å². The molecular weight excluding hydrogens is 414 g/mol. The van der Waals surface area contributed by atoms with Gasteiger partial charge in [-0.3, -0.25) is 19.5 Å². The molecule has 32 heavy (non-hydrogen) atoms. The number of nitrogens with zero attached hydrogens (tertiary/aromatic N) is 2. The number of pyridine rings is 1. The smallest absolute Gasteiger partial charge is 0.257 e. The number of fused-ring (bicyclic) bond motifs is 2. The van der Waals surface area contributed by atoms with Crippen LogP contribution in [0.5, 0.6) is 23.0 Å². The molecular formula is C23H17N3O6. The number of hydrogen-bond donors (Lipinski definition) is 1. The summed E-state index contributed by atoms with van der Waals surface area (Å²) in [5.74, 6) is 1.70. The van der Waals surface area contributed by atoms with E-state index in [2.05, 4.69) is 10.3 Å². The fourth-order valence-electron chi connectivity index (χ4n) is 4.21. The van der Waals surface area contributed by atoms with Crippen LogP contribution in [0.25, 0.3) is 0 Å². The van der Waals surface area contributed by atoms with Crippen molar-refractivity contribution in [2.75, 3.05) is 23.8 Å². The molecule has 3 aliphatic heterocycles. The fraction of sp³-hybridized carbons (Fsp3) is 0.174. The van der Waals surface area contributed by atoms with Crippen LogP contribution in [0.1, 0.15) is 12.1 Å². The third-order valence-electron chi connectivity index (χ3n) is 5.75. The van der Waals surface area contributed by atoms with Gasteiger partial charge in [-0.05, 0) is 36.4 Å². The van der Waals surface area contributed by atoms with Crippen molar-refractivity contribution in [2.45, 2.75) is 12.0 Å². The maximum absolute atomic E-state index is 13.7. The first kappa shape index (κ1) is 18.5. The minimum Gasteiger partial charge on any atom is -0.454 e. The van der Waals surface area contributed by atoms with Gasteiger partial charge in [0.25, 0.3) is 5.91 Å². The molecule has 6 rings (SSSR count). The molecule has 9 nitrogen and oxygen atoms in total. The molecule has 0 saturated carbocycles. The first-order valence-electron chi connectivity index (χ1n) is 10.0. The number of nitrogens with one attached hydrogen (secondary N) is 1. The summed E-state index contributed by atoms with van der Waals surface area (Å²) in [5, 5.41) is 2.92. The molecule has 1 aromatic heterocycles. The number of ether oxygens (including phenoxy) is 4. The Labute approximate surface area is 182 Å². The first-order chi connectivity index (χ1) is 15.6. The Kier molecular flexibility index (Phi) is 3.97. The molecule has 9 heteroatoms. The molecule has 4 heterocycles. The van der Waals surface area contributed by atoms with Crippen LogP contribution in [0.3, 0.4) is 0 Å². The third-order valence-corrected chi connectivity index (χ3v) is 5.75. The topological polar surface area (TPSA) is 99.2 Å². The van der Waals surface area contributed by atoms with Gasteiger partial charge in [0.2, 0.25) is 19.5 Å². The maximum Gasteiger partial charge on any atom is 0.257 e. The average molecular weight is 431 g/mol. The SMILES string of the molecule is O=C1CC(C(=O)Nc2ccc3c(c2)OCO3)(c2ccccn2)N1c1ccc2c(c1)OCO2. The van der Waals surface area contributed by atoms with Crippen molar-refractivity contribution >= 4 is 23.2 Å². The summed E-state index contributed by atoms with van der Waals surface area (Å²) in [5.41, 5.74) is 0.203. The van der Waals surface area contributed by atoms with E-state index in [0.717, 1.165) is 0 Å². The highest BCUT2D eigenvalue weighted by molar-refractivity contribution is 6.16. The van der Waals surface area contributed by atoms with Crippen molar-refractivity contribution in [1.29, 1.82) is 0 Å². The molecule has 0 spiro atoms. The molecule has 2 aromatic carbocycles. The van der Waals surface area contributed by atoms with Gasteiger partial charge in [0, 0.05) is 29.7 Å². The van der Waals surface area contributed by atoms with Crippen molar-refractivity contribution in [2.24, 2.45) is 0 Å². The lowest BCUT2D eigenvalue weighted by atomic mass is 9.78. The highest BCUT2D eigenvalue weighted by Crippen LogP contribution is 2.47. The second-order valence-corrected chi connectivity index (χ2v) is 7.54. The standard InChI is InChI=1S/C23H17N3O6/c27-21-11-23(20-3-1-2-8-24-20,26(21)15-5-7-17-19(10-15)32-13-30-17)22(28)25-14-4-6-16-18(9-14)31-12-29-16/h1-10H,11-13H2,(H,25,28). The third kappa shape index (κ3) is 2.67. The molecule has 1 unspecified atom stereocenters. The molecule has 160 valence electrons. The Hall–Kier alpha value is -4.27. The largest absolute Gasteiger partial charge is 0.454 e. The molecule has 1 saturated heterocycles. The minimum absolute atomic E-state index is 0.0190.